The average Bonchev–Trinajstić information content (AvgIpc) is 3.38. The summed E-state index contributed by atoms with van der Waals surface area (Å²) in [5.41, 5.74) is 0.704. The largest absolute Gasteiger partial charge is 0.493 e. The second-order valence-corrected chi connectivity index (χ2v) is 5.53. The summed E-state index contributed by atoms with van der Waals surface area (Å²) < 4.78 is 21.0. The van der Waals surface area contributed by atoms with E-state index in [0.717, 1.165) is 0 Å². The first-order chi connectivity index (χ1) is 13.2. The Morgan fingerprint density at radius 3 is 2.74 bits per heavy atom. The van der Waals surface area contributed by atoms with Gasteiger partial charge in [0, 0.05) is 12.1 Å². The number of carbonyl (C=O) groups excluding carboxylic acids is 1. The number of furan rings is 1. The summed E-state index contributed by atoms with van der Waals surface area (Å²) in [5.74, 6) is 1.78. The Bertz CT molecular complexity index is 917. The Hall–Kier alpha value is -3.55. The normalized spacial score (nSPS) is 10.4. The van der Waals surface area contributed by atoms with Crippen molar-refractivity contribution in [1.29, 1.82) is 0 Å². The lowest BCUT2D eigenvalue weighted by atomic mass is 10.2. The van der Waals surface area contributed by atoms with Crippen LogP contribution in [0.3, 0.4) is 0 Å². The standard InChI is InChI=1S/C19H19N3O5/c1-4-9-22(19(23)15-6-5-10-26-15)12-17-20-18(21-27-17)13-7-8-14(24-2)16(11-13)25-3/h4-8,10-11H,1,9,12H2,2-3H3. The quantitative estimate of drug-likeness (QED) is 0.563. The van der Waals surface area contributed by atoms with Crippen LogP contribution in [0.5, 0.6) is 11.5 Å². The number of methoxy groups -OCH3 is 2. The van der Waals surface area contributed by atoms with Crippen LogP contribution in [0, 0.1) is 0 Å². The van der Waals surface area contributed by atoms with E-state index in [1.54, 1.807) is 50.6 Å². The van der Waals surface area contributed by atoms with Crippen molar-refractivity contribution in [3.05, 3.63) is 60.9 Å². The molecule has 0 fully saturated rings. The summed E-state index contributed by atoms with van der Waals surface area (Å²) in [6, 6.07) is 8.56. The average molecular weight is 369 g/mol. The first-order valence-electron chi connectivity index (χ1n) is 8.15. The highest BCUT2D eigenvalue weighted by molar-refractivity contribution is 5.91. The van der Waals surface area contributed by atoms with Crippen molar-refractivity contribution in [2.24, 2.45) is 0 Å². The fraction of sp³-hybridized carbons (Fsp3) is 0.211. The maximum Gasteiger partial charge on any atom is 0.290 e. The molecular weight excluding hydrogens is 350 g/mol. The zero-order valence-electron chi connectivity index (χ0n) is 15.0. The van der Waals surface area contributed by atoms with Crippen molar-refractivity contribution in [3.63, 3.8) is 0 Å². The summed E-state index contributed by atoms with van der Waals surface area (Å²) in [6.45, 7) is 4.12. The van der Waals surface area contributed by atoms with Crippen LogP contribution in [0.2, 0.25) is 0 Å². The number of nitrogens with zero attached hydrogens (tertiary/aromatic N) is 3. The number of benzene rings is 1. The van der Waals surface area contributed by atoms with Crippen molar-refractivity contribution in [2.45, 2.75) is 6.54 Å². The third-order valence-electron chi connectivity index (χ3n) is 3.80. The lowest BCUT2D eigenvalue weighted by molar-refractivity contribution is 0.0713. The molecule has 1 amide bonds. The van der Waals surface area contributed by atoms with Crippen molar-refractivity contribution in [2.75, 3.05) is 20.8 Å². The lowest BCUT2D eigenvalue weighted by Gasteiger charge is -2.17. The van der Waals surface area contributed by atoms with Gasteiger partial charge in [-0.3, -0.25) is 4.79 Å². The first kappa shape index (κ1) is 18.2. The molecule has 0 N–H and O–H groups in total. The van der Waals surface area contributed by atoms with E-state index in [0.29, 0.717) is 35.3 Å². The van der Waals surface area contributed by atoms with Crippen molar-refractivity contribution < 1.29 is 23.2 Å². The molecule has 2 heterocycles. The van der Waals surface area contributed by atoms with Crippen LogP contribution in [-0.2, 0) is 6.54 Å². The molecule has 0 aliphatic heterocycles. The van der Waals surface area contributed by atoms with Crippen LogP contribution in [0.15, 0.2) is 58.2 Å². The molecule has 1 aromatic carbocycles. The topological polar surface area (TPSA) is 90.8 Å². The van der Waals surface area contributed by atoms with Crippen molar-refractivity contribution in [1.82, 2.24) is 15.0 Å². The van der Waals surface area contributed by atoms with Gasteiger partial charge in [0.05, 0.1) is 20.5 Å². The minimum atomic E-state index is -0.286. The van der Waals surface area contributed by atoms with E-state index < -0.39 is 0 Å². The molecule has 0 spiro atoms. The van der Waals surface area contributed by atoms with Gasteiger partial charge in [0.1, 0.15) is 6.54 Å². The van der Waals surface area contributed by atoms with Crippen LogP contribution in [0.1, 0.15) is 16.4 Å². The summed E-state index contributed by atoms with van der Waals surface area (Å²) in [7, 11) is 3.12. The maximum atomic E-state index is 12.5. The molecule has 0 radical (unpaired) electrons. The zero-order chi connectivity index (χ0) is 19.2. The Balaban J connectivity index is 1.80. The lowest BCUT2D eigenvalue weighted by Crippen LogP contribution is -2.30. The van der Waals surface area contributed by atoms with Crippen LogP contribution in [-0.4, -0.2) is 41.7 Å². The number of hydrogen-bond donors (Lipinski definition) is 0. The molecule has 8 nitrogen and oxygen atoms in total. The van der Waals surface area contributed by atoms with E-state index >= 15 is 0 Å². The molecule has 0 aliphatic rings. The molecule has 3 rings (SSSR count). The monoisotopic (exact) mass is 369 g/mol. The van der Waals surface area contributed by atoms with E-state index in [1.807, 2.05) is 0 Å². The molecule has 140 valence electrons. The fourth-order valence-corrected chi connectivity index (χ4v) is 2.51. The van der Waals surface area contributed by atoms with Crippen molar-refractivity contribution >= 4 is 5.91 Å². The Labute approximate surface area is 156 Å². The molecule has 3 aromatic rings. The molecule has 0 bridgehead atoms. The number of carbonyl (C=O) groups is 1. The minimum Gasteiger partial charge on any atom is -0.493 e. The van der Waals surface area contributed by atoms with Crippen LogP contribution in [0.25, 0.3) is 11.4 Å². The summed E-state index contributed by atoms with van der Waals surface area (Å²) in [6.07, 6.45) is 3.06. The highest BCUT2D eigenvalue weighted by atomic mass is 16.5. The molecule has 0 unspecified atom stereocenters. The second kappa shape index (κ2) is 8.22. The number of aromatic nitrogens is 2. The van der Waals surface area contributed by atoms with E-state index in [1.165, 1.54) is 11.2 Å². The third-order valence-corrected chi connectivity index (χ3v) is 3.80. The highest BCUT2D eigenvalue weighted by Gasteiger charge is 2.21. The second-order valence-electron chi connectivity index (χ2n) is 5.53. The Kier molecular flexibility index (Phi) is 5.55. The summed E-state index contributed by atoms with van der Waals surface area (Å²) >= 11 is 0. The van der Waals surface area contributed by atoms with Gasteiger partial charge in [-0.25, -0.2) is 0 Å². The first-order valence-corrected chi connectivity index (χ1v) is 8.15. The van der Waals surface area contributed by atoms with E-state index in [2.05, 4.69) is 16.7 Å². The number of ether oxygens (including phenoxy) is 2. The van der Waals surface area contributed by atoms with Gasteiger partial charge in [-0.15, -0.1) is 6.58 Å². The zero-order valence-corrected chi connectivity index (χ0v) is 15.0. The Morgan fingerprint density at radius 2 is 2.07 bits per heavy atom. The Morgan fingerprint density at radius 1 is 1.26 bits per heavy atom. The maximum absolute atomic E-state index is 12.5. The number of amides is 1. The minimum absolute atomic E-state index is 0.131. The molecule has 0 saturated heterocycles. The molecule has 0 aliphatic carbocycles. The van der Waals surface area contributed by atoms with Crippen molar-refractivity contribution in [3.8, 4) is 22.9 Å². The summed E-state index contributed by atoms with van der Waals surface area (Å²) in [4.78, 5) is 18.4. The van der Waals surface area contributed by atoms with Crippen LogP contribution >= 0.6 is 0 Å². The highest BCUT2D eigenvalue weighted by Crippen LogP contribution is 2.31. The third kappa shape index (κ3) is 4.00. The van der Waals surface area contributed by atoms with E-state index in [4.69, 9.17) is 18.4 Å². The van der Waals surface area contributed by atoms with Crippen LogP contribution in [0.4, 0.5) is 0 Å². The van der Waals surface area contributed by atoms with Gasteiger partial charge in [0.15, 0.2) is 17.3 Å². The predicted octanol–water partition coefficient (Wildman–Crippen LogP) is 3.18. The van der Waals surface area contributed by atoms with Crippen LogP contribution < -0.4 is 9.47 Å². The molecule has 2 aromatic heterocycles. The van der Waals surface area contributed by atoms with Gasteiger partial charge in [-0.2, -0.15) is 4.98 Å². The van der Waals surface area contributed by atoms with Gasteiger partial charge < -0.3 is 23.3 Å². The van der Waals surface area contributed by atoms with Gasteiger partial charge >= 0.3 is 0 Å². The molecular formula is C19H19N3O5. The molecule has 0 saturated carbocycles. The summed E-state index contributed by atoms with van der Waals surface area (Å²) in [5, 5.41) is 3.98. The smallest absolute Gasteiger partial charge is 0.290 e. The number of hydrogen-bond acceptors (Lipinski definition) is 7. The molecule has 27 heavy (non-hydrogen) atoms. The predicted molar refractivity (Wildman–Crippen MR) is 96.5 cm³/mol. The SMILES string of the molecule is C=CCN(Cc1nc(-c2ccc(OC)c(OC)c2)no1)C(=O)c1ccco1. The van der Waals surface area contributed by atoms with Gasteiger partial charge in [0.2, 0.25) is 11.7 Å². The molecule has 0 atom stereocenters. The van der Waals surface area contributed by atoms with Gasteiger partial charge in [-0.05, 0) is 30.3 Å². The fourth-order valence-electron chi connectivity index (χ4n) is 2.51. The van der Waals surface area contributed by atoms with E-state index in [9.17, 15) is 4.79 Å². The van der Waals surface area contributed by atoms with Gasteiger partial charge in [0.25, 0.3) is 5.91 Å². The molecule has 8 heteroatoms. The number of rotatable bonds is 8. The van der Waals surface area contributed by atoms with E-state index in [-0.39, 0.29) is 18.2 Å². The van der Waals surface area contributed by atoms with Gasteiger partial charge in [-0.1, -0.05) is 11.2 Å².